The summed E-state index contributed by atoms with van der Waals surface area (Å²) in [6, 6.07) is 31.7. The third kappa shape index (κ3) is 9.77. The SMILES string of the molecule is CN(C)C(CNC(=O)c1cc(-c2ccncc2)c(-c2ccc(NC(=O)Nc3ccccc3)cc2)o1)c1ccccc1.O=C(O)C(F)(F)F. The number of urea groups is 1. The molecule has 13 heteroatoms. The second-order valence-electron chi connectivity index (χ2n) is 10.5. The maximum atomic E-state index is 13.3. The van der Waals surface area contributed by atoms with E-state index in [-0.39, 0.29) is 23.7 Å². The molecule has 0 aliphatic heterocycles. The van der Waals surface area contributed by atoms with Gasteiger partial charge in [-0.25, -0.2) is 9.59 Å². The number of hydrogen-bond acceptors (Lipinski definition) is 6. The van der Waals surface area contributed by atoms with Crippen LogP contribution >= 0.6 is 0 Å². The molecule has 5 aromatic rings. The van der Waals surface area contributed by atoms with E-state index in [0.717, 1.165) is 22.3 Å². The molecule has 5 rings (SSSR count). The molecule has 3 aromatic carbocycles. The van der Waals surface area contributed by atoms with Gasteiger partial charge >= 0.3 is 18.2 Å². The summed E-state index contributed by atoms with van der Waals surface area (Å²) in [4.78, 5) is 40.8. The van der Waals surface area contributed by atoms with Crippen molar-refractivity contribution in [1.82, 2.24) is 15.2 Å². The van der Waals surface area contributed by atoms with E-state index in [9.17, 15) is 22.8 Å². The van der Waals surface area contributed by atoms with E-state index in [1.54, 1.807) is 30.6 Å². The molecule has 2 heterocycles. The van der Waals surface area contributed by atoms with Gasteiger partial charge in [-0.1, -0.05) is 48.5 Å². The van der Waals surface area contributed by atoms with E-state index < -0.39 is 12.1 Å². The molecule has 10 nitrogen and oxygen atoms in total. The van der Waals surface area contributed by atoms with Gasteiger partial charge in [-0.3, -0.25) is 9.78 Å². The molecule has 0 saturated carbocycles. The quantitative estimate of drug-likeness (QED) is 0.130. The number of para-hydroxylation sites is 1. The summed E-state index contributed by atoms with van der Waals surface area (Å²) in [5.41, 5.74) is 4.84. The van der Waals surface area contributed by atoms with Crippen molar-refractivity contribution in [1.29, 1.82) is 0 Å². The summed E-state index contributed by atoms with van der Waals surface area (Å²) in [6.07, 6.45) is -1.68. The third-order valence-corrected chi connectivity index (χ3v) is 6.89. The highest BCUT2D eigenvalue weighted by atomic mass is 19.4. The Morgan fingerprint density at radius 1 is 0.812 bits per heavy atom. The van der Waals surface area contributed by atoms with Crippen LogP contribution in [0.4, 0.5) is 29.3 Å². The number of rotatable bonds is 9. The van der Waals surface area contributed by atoms with Crippen LogP contribution in [0.2, 0.25) is 0 Å². The van der Waals surface area contributed by atoms with Gasteiger partial charge in [0.15, 0.2) is 5.76 Å². The van der Waals surface area contributed by atoms with Crippen LogP contribution in [0.15, 0.2) is 120 Å². The number of likely N-dealkylation sites (N-methyl/N-ethyl adjacent to an activating group) is 1. The van der Waals surface area contributed by atoms with Crippen LogP contribution < -0.4 is 16.0 Å². The second kappa shape index (κ2) is 16.1. The minimum absolute atomic E-state index is 0.00776. The summed E-state index contributed by atoms with van der Waals surface area (Å²) in [7, 11) is 3.97. The number of pyridine rings is 1. The molecule has 48 heavy (non-hydrogen) atoms. The summed E-state index contributed by atoms with van der Waals surface area (Å²) < 4.78 is 37.9. The molecule has 3 amide bonds. The van der Waals surface area contributed by atoms with Crippen LogP contribution in [0.1, 0.15) is 22.2 Å². The van der Waals surface area contributed by atoms with Gasteiger partial charge in [0.25, 0.3) is 5.91 Å². The van der Waals surface area contributed by atoms with E-state index in [4.69, 9.17) is 14.3 Å². The van der Waals surface area contributed by atoms with Gasteiger partial charge in [-0.05, 0) is 79.8 Å². The van der Waals surface area contributed by atoms with Crippen molar-refractivity contribution in [3.8, 4) is 22.5 Å². The van der Waals surface area contributed by atoms with Crippen LogP contribution in [0, 0.1) is 0 Å². The molecule has 1 atom stereocenters. The lowest BCUT2D eigenvalue weighted by molar-refractivity contribution is -0.192. The van der Waals surface area contributed by atoms with E-state index in [2.05, 4.69) is 25.8 Å². The van der Waals surface area contributed by atoms with Gasteiger partial charge in [0.05, 0.1) is 6.04 Å². The van der Waals surface area contributed by atoms with Crippen molar-refractivity contribution in [2.75, 3.05) is 31.3 Å². The molecule has 4 N–H and O–H groups in total. The Kier molecular flexibility index (Phi) is 11.7. The molecule has 0 radical (unpaired) electrons. The summed E-state index contributed by atoms with van der Waals surface area (Å²) >= 11 is 0. The standard InChI is InChI=1S/C33H31N5O3.C2HF3O2/c1-38(2)29(24-9-5-3-6-10-24)22-35-32(39)30-21-28(23-17-19-34-20-18-23)31(41-30)25-13-15-27(16-14-25)37-33(40)36-26-11-7-4-8-12-26;3-2(4,5)1(6)7/h3-21,29H,22H2,1-2H3,(H,35,39)(H2,36,37,40);(H,6,7). The Morgan fingerprint density at radius 3 is 1.90 bits per heavy atom. The first-order valence-electron chi connectivity index (χ1n) is 14.5. The van der Waals surface area contributed by atoms with Crippen molar-refractivity contribution < 1.29 is 37.1 Å². The molecule has 0 fully saturated rings. The number of aromatic nitrogens is 1. The Hall–Kier alpha value is -5.95. The van der Waals surface area contributed by atoms with Crippen molar-refractivity contribution >= 4 is 29.3 Å². The number of benzene rings is 3. The van der Waals surface area contributed by atoms with Gasteiger partial charge in [0.2, 0.25) is 0 Å². The number of nitrogens with zero attached hydrogens (tertiary/aromatic N) is 2. The van der Waals surface area contributed by atoms with Crippen LogP contribution in [-0.4, -0.2) is 59.7 Å². The van der Waals surface area contributed by atoms with Crippen molar-refractivity contribution in [3.05, 3.63) is 127 Å². The second-order valence-corrected chi connectivity index (χ2v) is 10.5. The molecule has 248 valence electrons. The Bertz CT molecular complexity index is 1800. The molecule has 0 bridgehead atoms. The minimum Gasteiger partial charge on any atom is -0.475 e. The summed E-state index contributed by atoms with van der Waals surface area (Å²) in [6.45, 7) is 0.419. The lowest BCUT2D eigenvalue weighted by Gasteiger charge is -2.24. The van der Waals surface area contributed by atoms with Gasteiger partial charge < -0.3 is 30.4 Å². The number of aliphatic carboxylic acids is 1. The number of hydrogen-bond donors (Lipinski definition) is 4. The summed E-state index contributed by atoms with van der Waals surface area (Å²) in [5, 5.41) is 15.8. The Labute approximate surface area is 274 Å². The fraction of sp³-hybridized carbons (Fsp3) is 0.143. The monoisotopic (exact) mass is 659 g/mol. The van der Waals surface area contributed by atoms with Crippen LogP contribution in [-0.2, 0) is 4.79 Å². The fourth-order valence-electron chi connectivity index (χ4n) is 4.53. The molecular formula is C35H32F3N5O5. The zero-order chi connectivity index (χ0) is 34.7. The predicted molar refractivity (Wildman–Crippen MR) is 175 cm³/mol. The van der Waals surface area contributed by atoms with E-state index in [1.807, 2.05) is 99.0 Å². The Balaban J connectivity index is 0.000000671. The maximum absolute atomic E-state index is 13.3. The van der Waals surface area contributed by atoms with Gasteiger partial charge in [-0.2, -0.15) is 13.2 Å². The fourth-order valence-corrected chi connectivity index (χ4v) is 4.53. The number of carbonyl (C=O) groups is 3. The number of carbonyl (C=O) groups excluding carboxylic acids is 2. The number of alkyl halides is 3. The maximum Gasteiger partial charge on any atom is 0.490 e. The van der Waals surface area contributed by atoms with Crippen molar-refractivity contribution in [2.24, 2.45) is 0 Å². The highest BCUT2D eigenvalue weighted by molar-refractivity contribution is 6.00. The lowest BCUT2D eigenvalue weighted by Crippen LogP contribution is -2.34. The number of nitrogens with one attached hydrogen (secondary N) is 3. The molecule has 0 saturated heterocycles. The molecule has 1 unspecified atom stereocenters. The molecular weight excluding hydrogens is 627 g/mol. The van der Waals surface area contributed by atoms with Gasteiger partial charge in [-0.15, -0.1) is 0 Å². The molecule has 0 aliphatic carbocycles. The lowest BCUT2D eigenvalue weighted by atomic mass is 10.0. The first-order valence-corrected chi connectivity index (χ1v) is 14.5. The van der Waals surface area contributed by atoms with Crippen LogP contribution in [0.3, 0.4) is 0 Å². The number of carboxylic acids is 1. The zero-order valence-corrected chi connectivity index (χ0v) is 25.9. The van der Waals surface area contributed by atoms with E-state index >= 15 is 0 Å². The topological polar surface area (TPSA) is 137 Å². The first-order chi connectivity index (χ1) is 22.9. The first kappa shape index (κ1) is 34.9. The molecule has 2 aromatic heterocycles. The van der Waals surface area contributed by atoms with E-state index in [0.29, 0.717) is 23.7 Å². The predicted octanol–water partition coefficient (Wildman–Crippen LogP) is 7.32. The number of carboxylic acid groups (broad SMARTS) is 1. The van der Waals surface area contributed by atoms with Crippen LogP contribution in [0.5, 0.6) is 0 Å². The van der Waals surface area contributed by atoms with Gasteiger partial charge in [0, 0.05) is 41.4 Å². The number of halogens is 3. The largest absolute Gasteiger partial charge is 0.490 e. The number of amides is 3. The third-order valence-electron chi connectivity index (χ3n) is 6.89. The number of anilines is 2. The average Bonchev–Trinajstić information content (AvgIpc) is 3.52. The normalized spacial score (nSPS) is 11.5. The average molecular weight is 660 g/mol. The highest BCUT2D eigenvalue weighted by Crippen LogP contribution is 2.35. The zero-order valence-electron chi connectivity index (χ0n) is 25.9. The van der Waals surface area contributed by atoms with Crippen molar-refractivity contribution in [2.45, 2.75) is 12.2 Å². The highest BCUT2D eigenvalue weighted by Gasteiger charge is 2.38. The smallest absolute Gasteiger partial charge is 0.475 e. The minimum atomic E-state index is -5.08. The van der Waals surface area contributed by atoms with Crippen molar-refractivity contribution in [3.63, 3.8) is 0 Å². The number of furan rings is 1. The Morgan fingerprint density at radius 2 is 1.35 bits per heavy atom. The van der Waals surface area contributed by atoms with Crippen LogP contribution in [0.25, 0.3) is 22.5 Å². The molecule has 0 aliphatic rings. The summed E-state index contributed by atoms with van der Waals surface area (Å²) in [5.74, 6) is -2.30. The van der Waals surface area contributed by atoms with E-state index in [1.165, 1.54) is 0 Å². The molecule has 0 spiro atoms. The van der Waals surface area contributed by atoms with Gasteiger partial charge in [0.1, 0.15) is 5.76 Å².